The molecule has 1 aromatic heterocycles. The van der Waals surface area contributed by atoms with Gasteiger partial charge in [-0.1, -0.05) is 6.07 Å². The zero-order valence-electron chi connectivity index (χ0n) is 15.7. The van der Waals surface area contributed by atoms with Crippen molar-refractivity contribution in [3.63, 3.8) is 0 Å². The standard InChI is InChI=1S/C20H16N4O6/c1-29-16-4-2-3-14(11-16)22-19(25)20(26)23-21-12-17-9-10-18(30-17)13-5-7-15(8-6-13)24(27)28/h2-12H,1H3,(H,22,25)(H,23,26)/b21-12-. The number of nitrogens with one attached hydrogen (secondary N) is 2. The van der Waals surface area contributed by atoms with Crippen LogP contribution in [0.15, 0.2) is 70.2 Å². The molecule has 0 unspecified atom stereocenters. The molecule has 152 valence electrons. The summed E-state index contributed by atoms with van der Waals surface area (Å²) in [4.78, 5) is 34.0. The highest BCUT2D eigenvalue weighted by molar-refractivity contribution is 6.39. The lowest BCUT2D eigenvalue weighted by atomic mass is 10.1. The minimum Gasteiger partial charge on any atom is -0.497 e. The molecule has 0 saturated carbocycles. The van der Waals surface area contributed by atoms with E-state index in [2.05, 4.69) is 15.8 Å². The summed E-state index contributed by atoms with van der Waals surface area (Å²) >= 11 is 0. The van der Waals surface area contributed by atoms with E-state index in [0.717, 1.165) is 0 Å². The Bertz CT molecular complexity index is 1100. The van der Waals surface area contributed by atoms with Crippen LogP contribution in [-0.2, 0) is 9.59 Å². The lowest BCUT2D eigenvalue weighted by Gasteiger charge is -2.05. The Hall–Kier alpha value is -4.47. The Kier molecular flexibility index (Phi) is 6.18. The first-order valence-electron chi connectivity index (χ1n) is 8.59. The fourth-order valence-electron chi connectivity index (χ4n) is 2.42. The van der Waals surface area contributed by atoms with E-state index in [1.165, 1.54) is 25.5 Å². The number of carbonyl (C=O) groups is 2. The van der Waals surface area contributed by atoms with Crippen LogP contribution in [0.2, 0.25) is 0 Å². The Morgan fingerprint density at radius 1 is 1.10 bits per heavy atom. The van der Waals surface area contributed by atoms with Gasteiger partial charge in [-0.3, -0.25) is 19.7 Å². The molecular weight excluding hydrogens is 392 g/mol. The first kappa shape index (κ1) is 20.3. The van der Waals surface area contributed by atoms with Crippen molar-refractivity contribution in [2.24, 2.45) is 5.10 Å². The maximum Gasteiger partial charge on any atom is 0.329 e. The number of hydrazone groups is 1. The molecular formula is C20H16N4O6. The lowest BCUT2D eigenvalue weighted by Crippen LogP contribution is -2.32. The van der Waals surface area contributed by atoms with Crippen LogP contribution in [0.3, 0.4) is 0 Å². The summed E-state index contributed by atoms with van der Waals surface area (Å²) < 4.78 is 10.6. The van der Waals surface area contributed by atoms with Gasteiger partial charge in [-0.05, 0) is 36.4 Å². The SMILES string of the molecule is COc1cccc(NC(=O)C(=O)N/N=C\c2ccc(-c3ccc([N+](=O)[O-])cc3)o2)c1. The molecule has 0 bridgehead atoms. The van der Waals surface area contributed by atoms with Crippen LogP contribution in [0.1, 0.15) is 5.76 Å². The molecule has 0 aliphatic carbocycles. The van der Waals surface area contributed by atoms with Gasteiger partial charge in [0.1, 0.15) is 17.3 Å². The molecule has 0 atom stereocenters. The third-order valence-electron chi connectivity index (χ3n) is 3.88. The van der Waals surface area contributed by atoms with E-state index in [0.29, 0.717) is 28.5 Å². The fourth-order valence-corrected chi connectivity index (χ4v) is 2.42. The molecule has 10 heteroatoms. The van der Waals surface area contributed by atoms with E-state index in [9.17, 15) is 19.7 Å². The fraction of sp³-hybridized carbons (Fsp3) is 0.0500. The Morgan fingerprint density at radius 2 is 1.87 bits per heavy atom. The van der Waals surface area contributed by atoms with Crippen LogP contribution in [0.5, 0.6) is 5.75 Å². The zero-order valence-corrected chi connectivity index (χ0v) is 15.7. The number of nitro groups is 1. The first-order valence-corrected chi connectivity index (χ1v) is 8.59. The van der Waals surface area contributed by atoms with Crippen LogP contribution in [0, 0.1) is 10.1 Å². The van der Waals surface area contributed by atoms with Crippen LogP contribution in [0.25, 0.3) is 11.3 Å². The van der Waals surface area contributed by atoms with Crippen LogP contribution in [-0.4, -0.2) is 30.1 Å². The number of hydrogen-bond donors (Lipinski definition) is 2. The topological polar surface area (TPSA) is 136 Å². The second-order valence-electron chi connectivity index (χ2n) is 5.89. The molecule has 2 amide bonds. The molecule has 3 aromatic rings. The second kappa shape index (κ2) is 9.15. The molecule has 0 aliphatic heterocycles. The maximum atomic E-state index is 11.9. The average molecular weight is 408 g/mol. The van der Waals surface area contributed by atoms with Gasteiger partial charge in [0.25, 0.3) is 5.69 Å². The van der Waals surface area contributed by atoms with Crippen molar-refractivity contribution in [1.82, 2.24) is 5.43 Å². The highest BCUT2D eigenvalue weighted by Gasteiger charge is 2.13. The van der Waals surface area contributed by atoms with Gasteiger partial charge >= 0.3 is 11.8 Å². The second-order valence-corrected chi connectivity index (χ2v) is 5.89. The average Bonchev–Trinajstić information content (AvgIpc) is 3.22. The minimum atomic E-state index is -0.962. The number of nitro benzene ring substituents is 1. The molecule has 2 N–H and O–H groups in total. The lowest BCUT2D eigenvalue weighted by molar-refractivity contribution is -0.384. The monoisotopic (exact) mass is 408 g/mol. The van der Waals surface area contributed by atoms with E-state index in [4.69, 9.17) is 9.15 Å². The van der Waals surface area contributed by atoms with Crippen molar-refractivity contribution in [2.45, 2.75) is 0 Å². The molecule has 2 aromatic carbocycles. The summed E-state index contributed by atoms with van der Waals surface area (Å²) in [5, 5.41) is 16.8. The zero-order chi connectivity index (χ0) is 21.5. The smallest absolute Gasteiger partial charge is 0.329 e. The summed E-state index contributed by atoms with van der Waals surface area (Å²) in [5.41, 5.74) is 3.12. The molecule has 0 fully saturated rings. The number of rotatable bonds is 6. The molecule has 30 heavy (non-hydrogen) atoms. The number of hydrogen-bond acceptors (Lipinski definition) is 7. The number of ether oxygens (including phenoxy) is 1. The predicted molar refractivity (Wildman–Crippen MR) is 108 cm³/mol. The van der Waals surface area contributed by atoms with Gasteiger partial charge in [-0.2, -0.15) is 5.10 Å². The predicted octanol–water partition coefficient (Wildman–Crippen LogP) is 2.95. The van der Waals surface area contributed by atoms with Crippen molar-refractivity contribution < 1.29 is 23.7 Å². The molecule has 3 rings (SSSR count). The van der Waals surface area contributed by atoms with Gasteiger partial charge < -0.3 is 14.5 Å². The summed E-state index contributed by atoms with van der Waals surface area (Å²) in [6, 6.07) is 15.7. The van der Waals surface area contributed by atoms with Gasteiger partial charge in [0.15, 0.2) is 0 Å². The van der Waals surface area contributed by atoms with Crippen LogP contribution >= 0.6 is 0 Å². The quantitative estimate of drug-likeness (QED) is 0.278. The molecule has 0 saturated heterocycles. The third kappa shape index (κ3) is 5.07. The highest BCUT2D eigenvalue weighted by atomic mass is 16.6. The molecule has 0 spiro atoms. The molecule has 0 radical (unpaired) electrons. The Morgan fingerprint density at radius 3 is 2.57 bits per heavy atom. The van der Waals surface area contributed by atoms with Crippen molar-refractivity contribution >= 4 is 29.4 Å². The number of methoxy groups -OCH3 is 1. The number of nitrogens with zero attached hydrogens (tertiary/aromatic N) is 2. The summed E-state index contributed by atoms with van der Waals surface area (Å²) in [5.74, 6) is -0.541. The van der Waals surface area contributed by atoms with Crippen molar-refractivity contribution in [3.05, 3.63) is 76.5 Å². The van der Waals surface area contributed by atoms with Crippen LogP contribution in [0.4, 0.5) is 11.4 Å². The van der Waals surface area contributed by atoms with Crippen molar-refractivity contribution in [1.29, 1.82) is 0 Å². The van der Waals surface area contributed by atoms with Gasteiger partial charge in [-0.25, -0.2) is 5.43 Å². The number of benzene rings is 2. The number of furan rings is 1. The minimum absolute atomic E-state index is 0.0259. The molecule has 10 nitrogen and oxygen atoms in total. The van der Waals surface area contributed by atoms with Gasteiger partial charge in [0.05, 0.1) is 18.2 Å². The summed E-state index contributed by atoms with van der Waals surface area (Å²) in [6.45, 7) is 0. The van der Waals surface area contributed by atoms with Gasteiger partial charge in [-0.15, -0.1) is 0 Å². The first-order chi connectivity index (χ1) is 14.5. The van der Waals surface area contributed by atoms with E-state index in [1.54, 1.807) is 48.5 Å². The Balaban J connectivity index is 1.56. The van der Waals surface area contributed by atoms with E-state index in [1.807, 2.05) is 0 Å². The maximum absolute atomic E-state index is 11.9. The van der Waals surface area contributed by atoms with Crippen molar-refractivity contribution in [2.75, 3.05) is 12.4 Å². The highest BCUT2D eigenvalue weighted by Crippen LogP contribution is 2.24. The number of anilines is 1. The van der Waals surface area contributed by atoms with Gasteiger partial charge in [0, 0.05) is 29.4 Å². The van der Waals surface area contributed by atoms with E-state index < -0.39 is 16.7 Å². The normalized spacial score (nSPS) is 10.6. The molecule has 0 aliphatic rings. The summed E-state index contributed by atoms with van der Waals surface area (Å²) in [7, 11) is 1.49. The van der Waals surface area contributed by atoms with Crippen molar-refractivity contribution in [3.8, 4) is 17.1 Å². The number of non-ortho nitro benzene ring substituents is 1. The van der Waals surface area contributed by atoms with Crippen LogP contribution < -0.4 is 15.5 Å². The van der Waals surface area contributed by atoms with E-state index in [-0.39, 0.29) is 5.69 Å². The third-order valence-corrected chi connectivity index (χ3v) is 3.88. The number of amides is 2. The number of carbonyl (C=O) groups excluding carboxylic acids is 2. The van der Waals surface area contributed by atoms with E-state index >= 15 is 0 Å². The summed E-state index contributed by atoms with van der Waals surface area (Å²) in [6.07, 6.45) is 1.23. The Labute approximate surface area is 170 Å². The molecule has 1 heterocycles. The van der Waals surface area contributed by atoms with Gasteiger partial charge in [0.2, 0.25) is 0 Å². The largest absolute Gasteiger partial charge is 0.497 e.